The number of aromatic nitrogens is 2. The van der Waals surface area contributed by atoms with Crippen molar-refractivity contribution in [2.75, 3.05) is 11.1 Å². The molecule has 3 N–H and O–H groups in total. The van der Waals surface area contributed by atoms with Crippen molar-refractivity contribution in [3.05, 3.63) is 44.5 Å². The van der Waals surface area contributed by atoms with E-state index < -0.39 is 11.7 Å². The maximum atomic E-state index is 13.6. The number of nitrogens with two attached hydrogens (primary N) is 1. The van der Waals surface area contributed by atoms with Crippen LogP contribution in [0, 0.1) is 12.7 Å². The molecule has 1 heterocycles. The Hall–Kier alpha value is -1.54. The summed E-state index contributed by atoms with van der Waals surface area (Å²) in [4.78, 5) is 20.1. The lowest BCUT2D eigenvalue weighted by atomic mass is 10.1. The number of rotatable bonds is 2. The smallest absolute Gasteiger partial charge is 0.257 e. The van der Waals surface area contributed by atoms with Crippen molar-refractivity contribution in [2.45, 2.75) is 6.92 Å². The summed E-state index contributed by atoms with van der Waals surface area (Å²) in [5, 5.41) is 2.53. The summed E-state index contributed by atoms with van der Waals surface area (Å²) < 4.78 is 14.5. The Morgan fingerprint density at radius 1 is 1.40 bits per heavy atom. The number of anilines is 2. The van der Waals surface area contributed by atoms with Gasteiger partial charge < -0.3 is 11.1 Å². The van der Waals surface area contributed by atoms with Crippen molar-refractivity contribution in [1.29, 1.82) is 0 Å². The Balaban J connectivity index is 2.28. The molecule has 0 aliphatic rings. The van der Waals surface area contributed by atoms with Crippen molar-refractivity contribution in [1.82, 2.24) is 9.97 Å². The molecular weight excluding hydrogens is 395 g/mol. The maximum Gasteiger partial charge on any atom is 0.257 e. The van der Waals surface area contributed by atoms with Gasteiger partial charge in [-0.15, -0.1) is 0 Å². The van der Waals surface area contributed by atoms with Crippen LogP contribution in [-0.4, -0.2) is 15.9 Å². The molecule has 2 rings (SSSR count). The van der Waals surface area contributed by atoms with Crippen molar-refractivity contribution in [2.24, 2.45) is 0 Å². The highest BCUT2D eigenvalue weighted by Crippen LogP contribution is 2.22. The summed E-state index contributed by atoms with van der Waals surface area (Å²) in [5.74, 6) is -0.818. The summed E-state index contributed by atoms with van der Waals surface area (Å²) in [5.41, 5.74) is 6.28. The molecule has 0 bridgehead atoms. The number of carbonyl (C=O) groups excluding carboxylic acids is 1. The minimum Gasteiger partial charge on any atom is -0.398 e. The Morgan fingerprint density at radius 2 is 2.10 bits per heavy atom. The lowest BCUT2D eigenvalue weighted by molar-refractivity contribution is 0.102. The predicted octanol–water partition coefficient (Wildman–Crippen LogP) is 3.28. The van der Waals surface area contributed by atoms with Gasteiger partial charge in [0.05, 0.1) is 6.20 Å². The van der Waals surface area contributed by atoms with E-state index in [-0.39, 0.29) is 17.1 Å². The van der Waals surface area contributed by atoms with E-state index in [1.165, 1.54) is 12.3 Å². The van der Waals surface area contributed by atoms with Gasteiger partial charge in [0.15, 0.2) is 5.82 Å². The molecule has 0 saturated carbocycles. The summed E-state index contributed by atoms with van der Waals surface area (Å²) in [6.45, 7) is 1.54. The number of nitrogen functional groups attached to an aromatic ring is 1. The van der Waals surface area contributed by atoms with E-state index in [4.69, 9.17) is 5.73 Å². The topological polar surface area (TPSA) is 80.9 Å². The van der Waals surface area contributed by atoms with E-state index in [1.54, 1.807) is 6.92 Å². The number of carbonyl (C=O) groups is 1. The van der Waals surface area contributed by atoms with E-state index in [1.807, 2.05) is 0 Å². The molecule has 0 aliphatic carbocycles. The standard InChI is InChI=1S/C12H9Br2FN4O/c1-5-7(15)2-6(3-8(5)16)12(20)19-11-10(14)18-9(13)4-17-11/h2-4H,16H2,1H3,(H,17,19,20). The van der Waals surface area contributed by atoms with Gasteiger partial charge in [-0.05, 0) is 50.9 Å². The highest BCUT2D eigenvalue weighted by Gasteiger charge is 2.14. The summed E-state index contributed by atoms with van der Waals surface area (Å²) in [6, 6.07) is 2.54. The van der Waals surface area contributed by atoms with Crippen LogP contribution >= 0.6 is 31.9 Å². The SMILES string of the molecule is Cc1c(N)cc(C(=O)Nc2ncc(Br)nc2Br)cc1F. The Morgan fingerprint density at radius 3 is 2.70 bits per heavy atom. The van der Waals surface area contributed by atoms with E-state index in [0.29, 0.717) is 14.8 Å². The van der Waals surface area contributed by atoms with Crippen LogP contribution in [-0.2, 0) is 0 Å². The van der Waals surface area contributed by atoms with Gasteiger partial charge in [-0.1, -0.05) is 0 Å². The van der Waals surface area contributed by atoms with Crippen LogP contribution in [0.5, 0.6) is 0 Å². The Kier molecular flexibility index (Phi) is 4.34. The normalized spacial score (nSPS) is 10.4. The molecule has 1 amide bonds. The first-order valence-corrected chi connectivity index (χ1v) is 7.02. The highest BCUT2D eigenvalue weighted by molar-refractivity contribution is 9.11. The zero-order chi connectivity index (χ0) is 14.9. The second-order valence-electron chi connectivity index (χ2n) is 3.96. The minimum atomic E-state index is -0.531. The average Bonchev–Trinajstić information content (AvgIpc) is 2.38. The van der Waals surface area contributed by atoms with Crippen LogP contribution in [0.2, 0.25) is 0 Å². The number of hydrogen-bond acceptors (Lipinski definition) is 4. The van der Waals surface area contributed by atoms with E-state index in [2.05, 4.69) is 47.1 Å². The summed E-state index contributed by atoms with van der Waals surface area (Å²) >= 11 is 6.32. The molecule has 0 atom stereocenters. The Bertz CT molecular complexity index is 670. The van der Waals surface area contributed by atoms with Crippen molar-refractivity contribution in [3.63, 3.8) is 0 Å². The molecule has 0 aliphatic heterocycles. The van der Waals surface area contributed by atoms with Gasteiger partial charge in [-0.3, -0.25) is 4.79 Å². The van der Waals surface area contributed by atoms with Gasteiger partial charge in [0.1, 0.15) is 15.0 Å². The van der Waals surface area contributed by atoms with Crippen LogP contribution in [0.4, 0.5) is 15.9 Å². The minimum absolute atomic E-state index is 0.113. The first kappa shape index (κ1) is 14.9. The van der Waals surface area contributed by atoms with Crippen molar-refractivity contribution >= 4 is 49.3 Å². The molecule has 0 saturated heterocycles. The first-order chi connectivity index (χ1) is 9.38. The van der Waals surface area contributed by atoms with E-state index >= 15 is 0 Å². The fourth-order valence-electron chi connectivity index (χ4n) is 1.44. The number of hydrogen-bond donors (Lipinski definition) is 2. The van der Waals surface area contributed by atoms with Crippen LogP contribution < -0.4 is 11.1 Å². The van der Waals surface area contributed by atoms with Gasteiger partial charge in [0, 0.05) is 16.8 Å². The highest BCUT2D eigenvalue weighted by atomic mass is 79.9. The first-order valence-electron chi connectivity index (χ1n) is 5.43. The van der Waals surface area contributed by atoms with Crippen LogP contribution in [0.3, 0.4) is 0 Å². The summed E-state index contributed by atoms with van der Waals surface area (Å²) in [6.07, 6.45) is 1.43. The fraction of sp³-hybridized carbons (Fsp3) is 0.0833. The van der Waals surface area contributed by atoms with E-state index in [9.17, 15) is 9.18 Å². The largest absolute Gasteiger partial charge is 0.398 e. The molecule has 0 fully saturated rings. The molecule has 5 nitrogen and oxygen atoms in total. The van der Waals surface area contributed by atoms with Crippen molar-refractivity contribution < 1.29 is 9.18 Å². The molecule has 0 unspecified atom stereocenters. The second kappa shape index (κ2) is 5.84. The molecule has 104 valence electrons. The average molecular weight is 404 g/mol. The Labute approximate surface area is 131 Å². The molecule has 8 heteroatoms. The third kappa shape index (κ3) is 3.13. The van der Waals surface area contributed by atoms with Gasteiger partial charge in [-0.2, -0.15) is 0 Å². The quantitative estimate of drug-likeness (QED) is 0.754. The lowest BCUT2D eigenvalue weighted by Gasteiger charge is -2.08. The van der Waals surface area contributed by atoms with Gasteiger partial charge in [0.2, 0.25) is 0 Å². The summed E-state index contributed by atoms with van der Waals surface area (Å²) in [7, 11) is 0. The molecule has 2 aromatic rings. The monoisotopic (exact) mass is 402 g/mol. The predicted molar refractivity (Wildman–Crippen MR) is 80.9 cm³/mol. The third-order valence-electron chi connectivity index (χ3n) is 2.58. The molecule has 20 heavy (non-hydrogen) atoms. The number of amides is 1. The fourth-order valence-corrected chi connectivity index (χ4v) is 2.35. The van der Waals surface area contributed by atoms with E-state index in [0.717, 1.165) is 6.07 Å². The zero-order valence-electron chi connectivity index (χ0n) is 10.2. The lowest BCUT2D eigenvalue weighted by Crippen LogP contribution is -2.15. The maximum absolute atomic E-state index is 13.6. The van der Waals surface area contributed by atoms with Crippen LogP contribution in [0.1, 0.15) is 15.9 Å². The van der Waals surface area contributed by atoms with Gasteiger partial charge >= 0.3 is 0 Å². The molecule has 0 spiro atoms. The van der Waals surface area contributed by atoms with Gasteiger partial charge in [0.25, 0.3) is 5.91 Å². The number of halogens is 3. The zero-order valence-corrected chi connectivity index (χ0v) is 13.4. The number of nitrogens with zero attached hydrogens (tertiary/aromatic N) is 2. The van der Waals surface area contributed by atoms with Crippen LogP contribution in [0.15, 0.2) is 27.5 Å². The number of benzene rings is 1. The van der Waals surface area contributed by atoms with Gasteiger partial charge in [-0.25, -0.2) is 14.4 Å². The number of nitrogens with one attached hydrogen (secondary N) is 1. The molecule has 1 aromatic heterocycles. The van der Waals surface area contributed by atoms with Crippen molar-refractivity contribution in [3.8, 4) is 0 Å². The molecule has 0 radical (unpaired) electrons. The second-order valence-corrected chi connectivity index (χ2v) is 5.52. The third-order valence-corrected chi connectivity index (χ3v) is 3.51. The molecular formula is C12H9Br2FN4O. The molecule has 1 aromatic carbocycles. The van der Waals surface area contributed by atoms with Crippen LogP contribution in [0.25, 0.3) is 0 Å².